The first-order chi connectivity index (χ1) is 34.0. The highest BCUT2D eigenvalue weighted by atomic mass is 16.6. The second-order valence-electron chi connectivity index (χ2n) is 20.2. The molecular weight excluding hydrogens is 853 g/mol. The van der Waals surface area contributed by atoms with Crippen molar-refractivity contribution < 1.29 is 28.6 Å². The van der Waals surface area contributed by atoms with E-state index in [9.17, 15) is 14.4 Å². The van der Waals surface area contributed by atoms with Crippen molar-refractivity contribution in [3.63, 3.8) is 0 Å². The van der Waals surface area contributed by atoms with Gasteiger partial charge in [-0.25, -0.2) is 0 Å². The van der Waals surface area contributed by atoms with Crippen LogP contribution in [0.4, 0.5) is 0 Å². The van der Waals surface area contributed by atoms with Crippen LogP contribution in [-0.4, -0.2) is 37.2 Å². The maximum absolute atomic E-state index is 12.9. The summed E-state index contributed by atoms with van der Waals surface area (Å²) in [6.45, 7) is 6.55. The number of carbonyl (C=O) groups is 3. The van der Waals surface area contributed by atoms with Gasteiger partial charge in [-0.15, -0.1) is 0 Å². The van der Waals surface area contributed by atoms with Gasteiger partial charge < -0.3 is 14.2 Å². The van der Waals surface area contributed by atoms with E-state index in [-0.39, 0.29) is 31.1 Å². The third kappa shape index (κ3) is 56.2. The molecule has 0 heterocycles. The third-order valence-corrected chi connectivity index (χ3v) is 13.3. The standard InChI is InChI=1S/C63H114O6/c1-4-7-10-13-16-19-21-23-25-27-29-31-33-35-37-39-41-44-47-50-53-56-62(65)68-59-60(58-67-61(64)55-52-49-46-43-18-15-12-9-6-3)69-63(66)57-54-51-48-45-42-40-38-36-34-32-30-28-26-24-22-20-17-14-11-8-5-2/h7,10,16,19,23,25,29,31,60H,4-6,8-9,11-15,17-18,20-22,24,26-28,30,32-59H2,1-3H3/b10-7-,19-16-,25-23-,31-29-. The van der Waals surface area contributed by atoms with E-state index < -0.39 is 6.10 Å². The number of rotatable bonds is 55. The maximum atomic E-state index is 12.9. The molecule has 0 rings (SSSR count). The van der Waals surface area contributed by atoms with Crippen molar-refractivity contribution in [3.05, 3.63) is 48.6 Å². The van der Waals surface area contributed by atoms with Gasteiger partial charge in [-0.1, -0.05) is 288 Å². The van der Waals surface area contributed by atoms with E-state index in [0.717, 1.165) is 89.9 Å². The molecule has 6 nitrogen and oxygen atoms in total. The molecule has 0 aromatic heterocycles. The molecule has 1 atom stereocenters. The Morgan fingerprint density at radius 3 is 0.884 bits per heavy atom. The number of carbonyl (C=O) groups excluding carboxylic acids is 3. The van der Waals surface area contributed by atoms with Gasteiger partial charge in [0.1, 0.15) is 13.2 Å². The maximum Gasteiger partial charge on any atom is 0.306 e. The molecule has 0 radical (unpaired) electrons. The van der Waals surface area contributed by atoms with Gasteiger partial charge in [0.15, 0.2) is 6.10 Å². The second kappa shape index (κ2) is 57.9. The van der Waals surface area contributed by atoms with Crippen molar-refractivity contribution in [1.29, 1.82) is 0 Å². The molecule has 0 saturated carbocycles. The lowest BCUT2D eigenvalue weighted by atomic mass is 10.0. The van der Waals surface area contributed by atoms with Crippen LogP contribution in [0.5, 0.6) is 0 Å². The lowest BCUT2D eigenvalue weighted by Crippen LogP contribution is -2.30. The predicted molar refractivity (Wildman–Crippen MR) is 298 cm³/mol. The summed E-state index contributed by atoms with van der Waals surface area (Å²) in [5.41, 5.74) is 0. The molecule has 0 aromatic rings. The van der Waals surface area contributed by atoms with E-state index in [4.69, 9.17) is 14.2 Å². The Labute approximate surface area is 428 Å². The molecule has 69 heavy (non-hydrogen) atoms. The minimum Gasteiger partial charge on any atom is -0.462 e. The Bertz CT molecular complexity index is 1200. The van der Waals surface area contributed by atoms with Crippen LogP contribution in [0.3, 0.4) is 0 Å². The SMILES string of the molecule is CC/C=C\C/C=C\C/C=C\C/C=C\CCCCCCCCCCC(=O)OCC(COC(=O)CCCCCCCCCCC)OC(=O)CCCCCCCCCCCCCCCCCCCCCCC. The van der Waals surface area contributed by atoms with Crippen molar-refractivity contribution in [2.24, 2.45) is 0 Å². The van der Waals surface area contributed by atoms with Crippen molar-refractivity contribution in [2.75, 3.05) is 13.2 Å². The first-order valence-corrected chi connectivity index (χ1v) is 30.1. The molecular formula is C63H114O6. The minimum absolute atomic E-state index is 0.0714. The zero-order chi connectivity index (χ0) is 50.0. The van der Waals surface area contributed by atoms with Crippen LogP contribution < -0.4 is 0 Å². The quantitative estimate of drug-likeness (QED) is 0.0262. The zero-order valence-electron chi connectivity index (χ0n) is 46.1. The Morgan fingerprint density at radius 1 is 0.304 bits per heavy atom. The highest BCUT2D eigenvalue weighted by molar-refractivity contribution is 5.71. The van der Waals surface area contributed by atoms with E-state index in [1.165, 1.54) is 186 Å². The molecule has 0 aliphatic heterocycles. The lowest BCUT2D eigenvalue weighted by Gasteiger charge is -2.18. The summed E-state index contributed by atoms with van der Waals surface area (Å²) in [5.74, 6) is -0.864. The predicted octanol–water partition coefficient (Wildman–Crippen LogP) is 20.2. The number of hydrogen-bond acceptors (Lipinski definition) is 6. The number of hydrogen-bond donors (Lipinski definition) is 0. The fourth-order valence-electron chi connectivity index (χ4n) is 8.85. The average molecular weight is 968 g/mol. The fraction of sp³-hybridized carbons (Fsp3) is 0.825. The molecule has 0 N–H and O–H groups in total. The van der Waals surface area contributed by atoms with Crippen LogP contribution in [0.15, 0.2) is 48.6 Å². The lowest BCUT2D eigenvalue weighted by molar-refractivity contribution is -0.167. The Kier molecular flexibility index (Phi) is 55.7. The van der Waals surface area contributed by atoms with Crippen LogP contribution in [0, 0.1) is 0 Å². The van der Waals surface area contributed by atoms with Gasteiger partial charge >= 0.3 is 17.9 Å². The Morgan fingerprint density at radius 2 is 0.565 bits per heavy atom. The van der Waals surface area contributed by atoms with Gasteiger partial charge in [0.05, 0.1) is 0 Å². The number of unbranched alkanes of at least 4 members (excludes halogenated alkanes) is 36. The van der Waals surface area contributed by atoms with Crippen LogP contribution >= 0.6 is 0 Å². The summed E-state index contributed by atoms with van der Waals surface area (Å²) in [4.78, 5) is 38.1. The summed E-state index contributed by atoms with van der Waals surface area (Å²) in [6, 6.07) is 0. The first-order valence-electron chi connectivity index (χ1n) is 30.1. The second-order valence-corrected chi connectivity index (χ2v) is 20.2. The first kappa shape index (κ1) is 66.4. The minimum atomic E-state index is -0.772. The van der Waals surface area contributed by atoms with E-state index in [1.807, 2.05) is 0 Å². The van der Waals surface area contributed by atoms with Gasteiger partial charge in [0.25, 0.3) is 0 Å². The Balaban J connectivity index is 4.23. The molecule has 0 fully saturated rings. The van der Waals surface area contributed by atoms with Crippen LogP contribution in [0.25, 0.3) is 0 Å². The number of ether oxygens (including phenoxy) is 3. The highest BCUT2D eigenvalue weighted by Gasteiger charge is 2.19. The Hall–Kier alpha value is -2.63. The summed E-state index contributed by atoms with van der Waals surface area (Å²) >= 11 is 0. The van der Waals surface area contributed by atoms with Crippen molar-refractivity contribution in [3.8, 4) is 0 Å². The van der Waals surface area contributed by atoms with E-state index in [0.29, 0.717) is 19.3 Å². The molecule has 0 aliphatic rings. The topological polar surface area (TPSA) is 78.9 Å². The van der Waals surface area contributed by atoms with E-state index in [2.05, 4.69) is 69.4 Å². The van der Waals surface area contributed by atoms with Gasteiger partial charge in [0, 0.05) is 19.3 Å². The molecule has 402 valence electrons. The normalized spacial score (nSPS) is 12.3. The van der Waals surface area contributed by atoms with Gasteiger partial charge in [-0.2, -0.15) is 0 Å². The largest absolute Gasteiger partial charge is 0.462 e. The zero-order valence-corrected chi connectivity index (χ0v) is 46.1. The number of esters is 3. The molecule has 0 bridgehead atoms. The average Bonchev–Trinajstić information content (AvgIpc) is 3.35. The highest BCUT2D eigenvalue weighted by Crippen LogP contribution is 2.17. The molecule has 6 heteroatoms. The summed E-state index contributed by atoms with van der Waals surface area (Å²) in [7, 11) is 0. The fourth-order valence-corrected chi connectivity index (χ4v) is 8.85. The molecule has 0 spiro atoms. The summed E-state index contributed by atoms with van der Waals surface area (Å²) in [5, 5.41) is 0. The number of allylic oxidation sites excluding steroid dienone is 8. The van der Waals surface area contributed by atoms with E-state index >= 15 is 0 Å². The smallest absolute Gasteiger partial charge is 0.306 e. The monoisotopic (exact) mass is 967 g/mol. The molecule has 0 amide bonds. The van der Waals surface area contributed by atoms with Crippen molar-refractivity contribution >= 4 is 17.9 Å². The van der Waals surface area contributed by atoms with Crippen LogP contribution in [-0.2, 0) is 28.6 Å². The van der Waals surface area contributed by atoms with Crippen molar-refractivity contribution in [2.45, 2.75) is 322 Å². The summed E-state index contributed by atoms with van der Waals surface area (Å²) in [6.07, 6.45) is 71.2. The van der Waals surface area contributed by atoms with E-state index in [1.54, 1.807) is 0 Å². The molecule has 0 saturated heterocycles. The third-order valence-electron chi connectivity index (χ3n) is 13.3. The van der Waals surface area contributed by atoms with Gasteiger partial charge in [-0.3, -0.25) is 14.4 Å². The molecule has 0 aromatic carbocycles. The van der Waals surface area contributed by atoms with Crippen LogP contribution in [0.1, 0.15) is 316 Å². The van der Waals surface area contributed by atoms with Crippen molar-refractivity contribution in [1.82, 2.24) is 0 Å². The molecule has 0 aliphatic carbocycles. The van der Waals surface area contributed by atoms with Gasteiger partial charge in [0.2, 0.25) is 0 Å². The van der Waals surface area contributed by atoms with Crippen LogP contribution in [0.2, 0.25) is 0 Å². The molecule has 1 unspecified atom stereocenters. The van der Waals surface area contributed by atoms with Gasteiger partial charge in [-0.05, 0) is 57.8 Å². The summed E-state index contributed by atoms with van der Waals surface area (Å²) < 4.78 is 16.9.